The summed E-state index contributed by atoms with van der Waals surface area (Å²) < 4.78 is 10.4. The molecule has 8 heteroatoms. The maximum atomic E-state index is 6.12. The number of fused-ring (bicyclic) bond motifs is 1. The van der Waals surface area contributed by atoms with E-state index in [4.69, 9.17) is 21.1 Å². The van der Waals surface area contributed by atoms with Crippen molar-refractivity contribution in [3.8, 4) is 11.9 Å². The molecule has 0 bridgehead atoms. The molecule has 0 saturated carbocycles. The van der Waals surface area contributed by atoms with Gasteiger partial charge >= 0.3 is 6.01 Å². The van der Waals surface area contributed by atoms with Crippen molar-refractivity contribution in [1.82, 2.24) is 15.0 Å². The second-order valence-corrected chi connectivity index (χ2v) is 4.86. The molecule has 0 fully saturated rings. The minimum absolute atomic E-state index is 0.306. The molecule has 0 unspecified atom stereocenters. The Balaban J connectivity index is 2.02. The topological polar surface area (TPSA) is 72.7 Å². The smallest absolute Gasteiger partial charge is 0.318 e. The first-order chi connectivity index (χ1) is 10.7. The van der Waals surface area contributed by atoms with Crippen LogP contribution in [0, 0.1) is 0 Å². The first-order valence-electron chi connectivity index (χ1n) is 6.71. The predicted molar refractivity (Wildman–Crippen MR) is 83.9 cm³/mol. The number of aromatic nitrogens is 3. The Morgan fingerprint density at radius 3 is 2.82 bits per heavy atom. The van der Waals surface area contributed by atoms with Crippen LogP contribution in [-0.4, -0.2) is 40.4 Å². The van der Waals surface area contributed by atoms with E-state index in [-0.39, 0.29) is 0 Å². The lowest BCUT2D eigenvalue weighted by atomic mass is 10.3. The van der Waals surface area contributed by atoms with Gasteiger partial charge in [0, 0.05) is 6.07 Å². The number of hydrogen-bond acceptors (Lipinski definition) is 7. The molecule has 0 spiro atoms. The molecule has 2 aromatic rings. The number of rotatable bonds is 4. The molecule has 7 nitrogen and oxygen atoms in total. The molecule has 114 valence electrons. The number of methoxy groups -OCH3 is 1. The zero-order chi connectivity index (χ0) is 15.5. The van der Waals surface area contributed by atoms with Crippen LogP contribution in [0.25, 0.3) is 0 Å². The van der Waals surface area contributed by atoms with Crippen LogP contribution in [0.4, 0.5) is 17.2 Å². The van der Waals surface area contributed by atoms with Crippen molar-refractivity contribution in [3.05, 3.63) is 24.5 Å². The molecular weight excluding hydrogens is 306 g/mol. The Hall–Kier alpha value is -2.41. The van der Waals surface area contributed by atoms with Gasteiger partial charge < -0.3 is 14.4 Å². The highest BCUT2D eigenvalue weighted by Gasteiger charge is 2.23. The molecule has 3 rings (SSSR count). The highest BCUT2D eigenvalue weighted by atomic mass is 35.5. The number of pyridine rings is 1. The minimum Gasteiger partial charge on any atom is -0.481 e. The lowest BCUT2D eigenvalue weighted by Gasteiger charge is -2.27. The predicted octanol–water partition coefficient (Wildman–Crippen LogP) is 2.70. The van der Waals surface area contributed by atoms with E-state index in [1.54, 1.807) is 25.6 Å². The highest BCUT2D eigenvalue weighted by molar-refractivity contribution is 6.66. The minimum atomic E-state index is 0.306. The van der Waals surface area contributed by atoms with Gasteiger partial charge in [-0.15, -0.1) is 0 Å². The van der Waals surface area contributed by atoms with E-state index in [9.17, 15) is 0 Å². The third-order valence-corrected chi connectivity index (χ3v) is 3.23. The molecule has 1 aliphatic rings. The Bertz CT molecular complexity index is 705. The first kappa shape index (κ1) is 14.5. The van der Waals surface area contributed by atoms with Gasteiger partial charge in [0.25, 0.3) is 0 Å². The fourth-order valence-electron chi connectivity index (χ4n) is 2.06. The fourth-order valence-corrected chi connectivity index (χ4v) is 2.28. The Kier molecular flexibility index (Phi) is 4.06. The number of halogens is 1. The second kappa shape index (κ2) is 6.15. The van der Waals surface area contributed by atoms with Gasteiger partial charge in [0.15, 0.2) is 5.82 Å². The molecule has 0 radical (unpaired) electrons. The maximum Gasteiger partial charge on any atom is 0.318 e. The lowest BCUT2D eigenvalue weighted by molar-refractivity contribution is 0.313. The Labute approximate surface area is 132 Å². The van der Waals surface area contributed by atoms with E-state index in [1.165, 1.54) is 0 Å². The molecule has 0 aromatic carbocycles. The Morgan fingerprint density at radius 2 is 2.14 bits per heavy atom. The van der Waals surface area contributed by atoms with E-state index < -0.39 is 0 Å². The summed E-state index contributed by atoms with van der Waals surface area (Å²) in [6.07, 6.45) is 3.29. The number of nitrogens with zero attached hydrogens (tertiary/aromatic N) is 5. The van der Waals surface area contributed by atoms with Gasteiger partial charge in [-0.25, -0.2) is 15.0 Å². The molecule has 0 amide bonds. The fraction of sp³-hybridized carbons (Fsp3) is 0.286. The van der Waals surface area contributed by atoms with Crippen LogP contribution in [0.2, 0.25) is 0 Å². The van der Waals surface area contributed by atoms with Crippen molar-refractivity contribution in [2.24, 2.45) is 4.99 Å². The summed E-state index contributed by atoms with van der Waals surface area (Å²) in [5, 5.41) is 0.455. The average molecular weight is 320 g/mol. The van der Waals surface area contributed by atoms with E-state index in [2.05, 4.69) is 19.9 Å². The molecule has 0 N–H and O–H groups in total. The zero-order valence-corrected chi connectivity index (χ0v) is 12.9. The van der Waals surface area contributed by atoms with Crippen molar-refractivity contribution in [2.45, 2.75) is 6.92 Å². The second-order valence-electron chi connectivity index (χ2n) is 4.43. The van der Waals surface area contributed by atoms with Crippen LogP contribution in [0.3, 0.4) is 0 Å². The van der Waals surface area contributed by atoms with Gasteiger partial charge in [-0.1, -0.05) is 11.6 Å². The van der Waals surface area contributed by atoms with E-state index in [0.717, 1.165) is 5.69 Å². The molecule has 0 atom stereocenters. The largest absolute Gasteiger partial charge is 0.481 e. The van der Waals surface area contributed by atoms with Gasteiger partial charge in [0.05, 0.1) is 38.3 Å². The SMILES string of the molecule is CCOc1ncc2c(n1)N(c1ccc(OC)nc1)CC(Cl)=N2. The van der Waals surface area contributed by atoms with Crippen molar-refractivity contribution in [2.75, 3.05) is 25.2 Å². The van der Waals surface area contributed by atoms with Gasteiger partial charge in [-0.05, 0) is 13.0 Å². The Morgan fingerprint density at radius 1 is 1.27 bits per heavy atom. The average Bonchev–Trinajstić information content (AvgIpc) is 2.55. The number of hydrogen-bond donors (Lipinski definition) is 0. The van der Waals surface area contributed by atoms with E-state index >= 15 is 0 Å². The van der Waals surface area contributed by atoms with E-state index in [1.807, 2.05) is 17.9 Å². The number of anilines is 2. The molecule has 0 saturated heterocycles. The van der Waals surface area contributed by atoms with Gasteiger partial charge in [-0.3, -0.25) is 0 Å². The molecular formula is C14H14ClN5O2. The van der Waals surface area contributed by atoms with E-state index in [0.29, 0.717) is 41.7 Å². The molecule has 2 aromatic heterocycles. The molecule has 3 heterocycles. The summed E-state index contributed by atoms with van der Waals surface area (Å²) in [4.78, 5) is 18.9. The highest BCUT2D eigenvalue weighted by Crippen LogP contribution is 2.36. The monoisotopic (exact) mass is 319 g/mol. The van der Waals surface area contributed by atoms with Crippen LogP contribution >= 0.6 is 11.6 Å². The normalized spacial score (nSPS) is 13.4. The quantitative estimate of drug-likeness (QED) is 0.862. The molecule has 22 heavy (non-hydrogen) atoms. The van der Waals surface area contributed by atoms with Gasteiger partial charge in [-0.2, -0.15) is 4.98 Å². The van der Waals surface area contributed by atoms with Crippen molar-refractivity contribution in [1.29, 1.82) is 0 Å². The third kappa shape index (κ3) is 2.80. The molecule has 1 aliphatic heterocycles. The van der Waals surface area contributed by atoms with Gasteiger partial charge in [0.1, 0.15) is 10.9 Å². The number of aliphatic imine (C=N–C) groups is 1. The van der Waals surface area contributed by atoms with Gasteiger partial charge in [0.2, 0.25) is 5.88 Å². The summed E-state index contributed by atoms with van der Waals surface area (Å²) in [6.45, 7) is 2.78. The summed E-state index contributed by atoms with van der Waals surface area (Å²) in [7, 11) is 1.57. The van der Waals surface area contributed by atoms with Crippen LogP contribution in [0.1, 0.15) is 6.92 Å². The van der Waals surface area contributed by atoms with Crippen molar-refractivity contribution < 1.29 is 9.47 Å². The van der Waals surface area contributed by atoms with Crippen LogP contribution in [0.5, 0.6) is 11.9 Å². The van der Waals surface area contributed by atoms with Crippen LogP contribution in [-0.2, 0) is 0 Å². The van der Waals surface area contributed by atoms with Crippen LogP contribution in [0.15, 0.2) is 29.5 Å². The maximum absolute atomic E-state index is 6.12. The lowest BCUT2D eigenvalue weighted by Crippen LogP contribution is -2.27. The summed E-state index contributed by atoms with van der Waals surface area (Å²) in [6, 6.07) is 3.97. The third-order valence-electron chi connectivity index (χ3n) is 3.03. The number of ether oxygens (including phenoxy) is 2. The zero-order valence-electron chi connectivity index (χ0n) is 12.2. The summed E-state index contributed by atoms with van der Waals surface area (Å²) >= 11 is 6.12. The first-order valence-corrected chi connectivity index (χ1v) is 7.09. The van der Waals surface area contributed by atoms with Crippen molar-refractivity contribution in [3.63, 3.8) is 0 Å². The molecule has 0 aliphatic carbocycles. The van der Waals surface area contributed by atoms with Crippen molar-refractivity contribution >= 4 is 34.0 Å². The summed E-state index contributed by atoms with van der Waals surface area (Å²) in [5.74, 6) is 1.17. The standard InChI is InChI=1S/C14H14ClN5O2/c1-3-22-14-17-7-10-13(19-14)20(8-11(15)18-10)9-4-5-12(21-2)16-6-9/h4-7H,3,8H2,1-2H3. The summed E-state index contributed by atoms with van der Waals surface area (Å²) in [5.41, 5.74) is 1.42. The van der Waals surface area contributed by atoms with Crippen LogP contribution < -0.4 is 14.4 Å².